The Hall–Kier alpha value is -2.82. The van der Waals surface area contributed by atoms with Crippen LogP contribution in [0.3, 0.4) is 0 Å². The number of hydrogen-bond donors (Lipinski definition) is 2. The zero-order valence-corrected chi connectivity index (χ0v) is 14.8. The zero-order chi connectivity index (χ0) is 18.2. The minimum atomic E-state index is -0.201. The Labute approximate surface area is 148 Å². The number of carbonyl (C=O) groups excluding carboxylic acids is 2. The van der Waals surface area contributed by atoms with Crippen LogP contribution in [0.2, 0.25) is 0 Å². The molecule has 0 spiro atoms. The topological polar surface area (TPSA) is 67.4 Å². The Morgan fingerprint density at radius 3 is 2.48 bits per heavy atom. The molecule has 2 aromatic carbocycles. The van der Waals surface area contributed by atoms with Crippen molar-refractivity contribution in [3.63, 3.8) is 0 Å². The van der Waals surface area contributed by atoms with Crippen LogP contribution in [0.5, 0.6) is 5.75 Å². The lowest BCUT2D eigenvalue weighted by Gasteiger charge is -2.15. The van der Waals surface area contributed by atoms with Gasteiger partial charge in [-0.3, -0.25) is 9.59 Å². The summed E-state index contributed by atoms with van der Waals surface area (Å²) in [5, 5.41) is 5.74. The monoisotopic (exact) mass is 340 g/mol. The Morgan fingerprint density at radius 2 is 1.76 bits per heavy atom. The molecule has 132 valence electrons. The minimum Gasteiger partial charge on any atom is -0.496 e. The highest BCUT2D eigenvalue weighted by molar-refractivity contribution is 6.04. The molecule has 1 unspecified atom stereocenters. The van der Waals surface area contributed by atoms with Gasteiger partial charge >= 0.3 is 0 Å². The number of benzene rings is 2. The van der Waals surface area contributed by atoms with Crippen molar-refractivity contribution in [1.29, 1.82) is 0 Å². The molecule has 0 fully saturated rings. The van der Waals surface area contributed by atoms with Crippen LogP contribution < -0.4 is 15.4 Å². The van der Waals surface area contributed by atoms with Gasteiger partial charge in [-0.15, -0.1) is 0 Å². The summed E-state index contributed by atoms with van der Waals surface area (Å²) in [6.45, 7) is 3.95. The second kappa shape index (κ2) is 8.87. The van der Waals surface area contributed by atoms with Crippen molar-refractivity contribution in [2.45, 2.75) is 32.7 Å². The lowest BCUT2D eigenvalue weighted by molar-refractivity contribution is -0.115. The van der Waals surface area contributed by atoms with E-state index in [0.717, 1.165) is 12.0 Å². The van der Waals surface area contributed by atoms with Crippen LogP contribution >= 0.6 is 0 Å². The van der Waals surface area contributed by atoms with Gasteiger partial charge in [0.05, 0.1) is 24.8 Å². The molecule has 0 aliphatic carbocycles. The molecular formula is C20H24N2O3. The van der Waals surface area contributed by atoms with E-state index in [1.54, 1.807) is 31.4 Å². The predicted octanol–water partition coefficient (Wildman–Crippen LogP) is 3.40. The maximum Gasteiger partial charge on any atom is 0.253 e. The SMILES string of the molecule is CCC(C)NC(=O)c1ccccc1NC(=O)Cc1ccccc1OC. The predicted molar refractivity (Wildman–Crippen MR) is 99.0 cm³/mol. The van der Waals surface area contributed by atoms with Crippen LogP contribution in [-0.4, -0.2) is 25.0 Å². The van der Waals surface area contributed by atoms with E-state index in [2.05, 4.69) is 10.6 Å². The van der Waals surface area contributed by atoms with E-state index in [4.69, 9.17) is 4.74 Å². The van der Waals surface area contributed by atoms with Gasteiger partial charge in [-0.1, -0.05) is 37.3 Å². The van der Waals surface area contributed by atoms with Crippen LogP contribution in [-0.2, 0) is 11.2 Å². The summed E-state index contributed by atoms with van der Waals surface area (Å²) in [4.78, 5) is 24.8. The molecule has 0 saturated heterocycles. The van der Waals surface area contributed by atoms with E-state index in [1.165, 1.54) is 0 Å². The molecule has 0 bridgehead atoms. The fourth-order valence-corrected chi connectivity index (χ4v) is 2.41. The van der Waals surface area contributed by atoms with E-state index in [1.807, 2.05) is 38.1 Å². The van der Waals surface area contributed by atoms with Gasteiger partial charge < -0.3 is 15.4 Å². The number of para-hydroxylation sites is 2. The number of carbonyl (C=O) groups is 2. The molecule has 0 aromatic heterocycles. The molecule has 25 heavy (non-hydrogen) atoms. The molecular weight excluding hydrogens is 316 g/mol. The Bertz CT molecular complexity index is 743. The highest BCUT2D eigenvalue weighted by atomic mass is 16.5. The van der Waals surface area contributed by atoms with Gasteiger partial charge in [0.15, 0.2) is 0 Å². The van der Waals surface area contributed by atoms with Gasteiger partial charge in [0.25, 0.3) is 5.91 Å². The first-order chi connectivity index (χ1) is 12.0. The molecule has 0 heterocycles. The molecule has 0 saturated carbocycles. The quantitative estimate of drug-likeness (QED) is 0.812. The molecule has 2 amide bonds. The number of hydrogen-bond acceptors (Lipinski definition) is 3. The first-order valence-electron chi connectivity index (χ1n) is 8.36. The fourth-order valence-electron chi connectivity index (χ4n) is 2.41. The zero-order valence-electron chi connectivity index (χ0n) is 14.8. The summed E-state index contributed by atoms with van der Waals surface area (Å²) in [5.74, 6) is 0.274. The smallest absolute Gasteiger partial charge is 0.253 e. The maximum atomic E-state index is 12.4. The first-order valence-corrected chi connectivity index (χ1v) is 8.36. The third-order valence-electron chi connectivity index (χ3n) is 3.98. The molecule has 1 atom stereocenters. The first kappa shape index (κ1) is 18.5. The van der Waals surface area contributed by atoms with Crippen LogP contribution in [0.25, 0.3) is 0 Å². The summed E-state index contributed by atoms with van der Waals surface area (Å²) in [7, 11) is 1.57. The van der Waals surface area contributed by atoms with Gasteiger partial charge in [0, 0.05) is 11.6 Å². The average molecular weight is 340 g/mol. The van der Waals surface area contributed by atoms with Crippen LogP contribution in [0.15, 0.2) is 48.5 Å². The third-order valence-corrected chi connectivity index (χ3v) is 3.98. The summed E-state index contributed by atoms with van der Waals surface area (Å²) in [6.07, 6.45) is 1.01. The van der Waals surface area contributed by atoms with Gasteiger partial charge in [-0.25, -0.2) is 0 Å². The molecule has 5 nitrogen and oxygen atoms in total. The Morgan fingerprint density at radius 1 is 1.08 bits per heavy atom. The number of amides is 2. The van der Waals surface area contributed by atoms with Crippen molar-refractivity contribution < 1.29 is 14.3 Å². The van der Waals surface area contributed by atoms with E-state index < -0.39 is 0 Å². The number of nitrogens with one attached hydrogen (secondary N) is 2. The van der Waals surface area contributed by atoms with E-state index >= 15 is 0 Å². The lowest BCUT2D eigenvalue weighted by atomic mass is 10.1. The second-order valence-electron chi connectivity index (χ2n) is 5.87. The van der Waals surface area contributed by atoms with Crippen LogP contribution in [0.4, 0.5) is 5.69 Å². The molecule has 0 radical (unpaired) electrons. The Balaban J connectivity index is 2.12. The number of rotatable bonds is 7. The molecule has 2 rings (SSSR count). The summed E-state index contributed by atoms with van der Waals surface area (Å²) in [6, 6.07) is 14.5. The second-order valence-corrected chi connectivity index (χ2v) is 5.87. The molecule has 0 aliphatic heterocycles. The van der Waals surface area contributed by atoms with Crippen molar-refractivity contribution in [1.82, 2.24) is 5.32 Å². The van der Waals surface area contributed by atoms with Crippen LogP contribution in [0, 0.1) is 0 Å². The van der Waals surface area contributed by atoms with Gasteiger partial charge in [-0.05, 0) is 31.5 Å². The molecule has 5 heteroatoms. The summed E-state index contributed by atoms with van der Waals surface area (Å²) in [5.41, 5.74) is 1.75. The van der Waals surface area contributed by atoms with E-state index in [0.29, 0.717) is 17.0 Å². The van der Waals surface area contributed by atoms with Crippen molar-refractivity contribution in [2.24, 2.45) is 0 Å². The number of ether oxygens (including phenoxy) is 1. The Kier molecular flexibility index (Phi) is 6.57. The van der Waals surface area contributed by atoms with E-state index in [9.17, 15) is 9.59 Å². The van der Waals surface area contributed by atoms with Gasteiger partial charge in [0.1, 0.15) is 5.75 Å². The number of methoxy groups -OCH3 is 1. The fraction of sp³-hybridized carbons (Fsp3) is 0.300. The van der Waals surface area contributed by atoms with Crippen molar-refractivity contribution in [2.75, 3.05) is 12.4 Å². The van der Waals surface area contributed by atoms with Gasteiger partial charge in [-0.2, -0.15) is 0 Å². The molecule has 0 aliphatic rings. The average Bonchev–Trinajstić information content (AvgIpc) is 2.62. The van der Waals surface area contributed by atoms with Crippen molar-refractivity contribution >= 4 is 17.5 Å². The molecule has 2 N–H and O–H groups in total. The summed E-state index contributed by atoms with van der Waals surface area (Å²) >= 11 is 0. The summed E-state index contributed by atoms with van der Waals surface area (Å²) < 4.78 is 5.27. The van der Waals surface area contributed by atoms with Crippen molar-refractivity contribution in [3.8, 4) is 5.75 Å². The maximum absolute atomic E-state index is 12.4. The largest absolute Gasteiger partial charge is 0.496 e. The third kappa shape index (κ3) is 5.08. The van der Waals surface area contributed by atoms with E-state index in [-0.39, 0.29) is 24.3 Å². The highest BCUT2D eigenvalue weighted by Crippen LogP contribution is 2.20. The highest BCUT2D eigenvalue weighted by Gasteiger charge is 2.15. The minimum absolute atomic E-state index is 0.0739. The van der Waals surface area contributed by atoms with Crippen LogP contribution in [0.1, 0.15) is 36.2 Å². The normalized spacial score (nSPS) is 11.5. The number of anilines is 1. The standard InChI is InChI=1S/C20H24N2O3/c1-4-14(2)21-20(24)16-10-6-7-11-17(16)22-19(23)13-15-9-5-8-12-18(15)25-3/h5-12,14H,4,13H2,1-3H3,(H,21,24)(H,22,23). The van der Waals surface area contributed by atoms with Crippen molar-refractivity contribution in [3.05, 3.63) is 59.7 Å². The lowest BCUT2D eigenvalue weighted by Crippen LogP contribution is -2.32. The van der Waals surface area contributed by atoms with Gasteiger partial charge in [0.2, 0.25) is 5.91 Å². The molecule has 2 aromatic rings.